The van der Waals surface area contributed by atoms with Gasteiger partial charge in [0.05, 0.1) is 5.71 Å². The molecule has 4 heteroatoms. The molecule has 0 aliphatic carbocycles. The highest BCUT2D eigenvalue weighted by Gasteiger charge is 2.04. The number of rotatable bonds is 3. The Bertz CT molecular complexity index is 631. The van der Waals surface area contributed by atoms with Crippen molar-refractivity contribution in [3.63, 3.8) is 0 Å². The predicted molar refractivity (Wildman–Crippen MR) is 85.0 cm³/mol. The van der Waals surface area contributed by atoms with Crippen LogP contribution in [0.4, 0.5) is 0 Å². The molecule has 0 fully saturated rings. The first-order valence-corrected chi connectivity index (χ1v) is 7.03. The van der Waals surface area contributed by atoms with Crippen LogP contribution >= 0.6 is 15.9 Å². The highest BCUT2D eigenvalue weighted by Crippen LogP contribution is 2.11. The molecule has 0 spiro atoms. The molecule has 1 amide bonds. The maximum absolute atomic E-state index is 11.9. The van der Waals surface area contributed by atoms with Gasteiger partial charge in [-0.3, -0.25) is 4.79 Å². The van der Waals surface area contributed by atoms with Crippen molar-refractivity contribution in [1.29, 1.82) is 0 Å². The van der Waals surface area contributed by atoms with Crippen LogP contribution in [0.2, 0.25) is 0 Å². The first-order valence-electron chi connectivity index (χ1n) is 6.23. The average Bonchev–Trinajstić information content (AvgIpc) is 2.46. The maximum Gasteiger partial charge on any atom is 0.271 e. The van der Waals surface area contributed by atoms with Gasteiger partial charge in [0, 0.05) is 10.0 Å². The Hall–Kier alpha value is -1.94. The van der Waals surface area contributed by atoms with Crippen LogP contribution in [0.25, 0.3) is 0 Å². The van der Waals surface area contributed by atoms with Gasteiger partial charge in [-0.25, -0.2) is 5.43 Å². The van der Waals surface area contributed by atoms with Crippen LogP contribution in [0.1, 0.15) is 28.4 Å². The molecule has 0 radical (unpaired) electrons. The van der Waals surface area contributed by atoms with E-state index in [1.165, 1.54) is 0 Å². The number of amides is 1. The van der Waals surface area contributed by atoms with E-state index in [9.17, 15) is 4.79 Å². The Kier molecular flexibility index (Phi) is 4.69. The van der Waals surface area contributed by atoms with Crippen LogP contribution in [0.5, 0.6) is 0 Å². The van der Waals surface area contributed by atoms with Crippen molar-refractivity contribution in [2.75, 3.05) is 0 Å². The normalized spacial score (nSPS) is 11.2. The SMILES string of the molecule is C/C(=N/NC(=O)c1ccc(C)cc1)c1ccc(Br)cc1. The second kappa shape index (κ2) is 6.48. The Morgan fingerprint density at radius 1 is 1.00 bits per heavy atom. The molecule has 2 aromatic rings. The summed E-state index contributed by atoms with van der Waals surface area (Å²) < 4.78 is 1.01. The lowest BCUT2D eigenvalue weighted by atomic mass is 10.1. The molecule has 0 aliphatic rings. The van der Waals surface area contributed by atoms with Gasteiger partial charge in [0.15, 0.2) is 0 Å². The number of nitrogens with one attached hydrogen (secondary N) is 1. The fraction of sp³-hybridized carbons (Fsp3) is 0.125. The van der Waals surface area contributed by atoms with Gasteiger partial charge in [-0.15, -0.1) is 0 Å². The lowest BCUT2D eigenvalue weighted by molar-refractivity contribution is 0.0955. The number of hydrogen-bond donors (Lipinski definition) is 1. The van der Waals surface area contributed by atoms with E-state index in [0.29, 0.717) is 5.56 Å². The highest BCUT2D eigenvalue weighted by atomic mass is 79.9. The van der Waals surface area contributed by atoms with Gasteiger partial charge in [0.2, 0.25) is 0 Å². The summed E-state index contributed by atoms with van der Waals surface area (Å²) in [6, 6.07) is 15.2. The highest BCUT2D eigenvalue weighted by molar-refractivity contribution is 9.10. The number of nitrogens with zero attached hydrogens (tertiary/aromatic N) is 1. The third-order valence-electron chi connectivity index (χ3n) is 2.90. The van der Waals surface area contributed by atoms with Crippen molar-refractivity contribution in [2.45, 2.75) is 13.8 Å². The number of benzene rings is 2. The van der Waals surface area contributed by atoms with E-state index in [-0.39, 0.29) is 5.91 Å². The molecule has 20 heavy (non-hydrogen) atoms. The zero-order chi connectivity index (χ0) is 14.5. The molecule has 102 valence electrons. The molecule has 0 bridgehead atoms. The summed E-state index contributed by atoms with van der Waals surface area (Å²) in [5.74, 6) is -0.207. The Balaban J connectivity index is 2.06. The van der Waals surface area contributed by atoms with E-state index >= 15 is 0 Å². The van der Waals surface area contributed by atoms with E-state index in [4.69, 9.17) is 0 Å². The van der Waals surface area contributed by atoms with Gasteiger partial charge in [-0.05, 0) is 43.7 Å². The Labute approximate surface area is 126 Å². The van der Waals surface area contributed by atoms with E-state index in [1.807, 2.05) is 50.2 Å². The summed E-state index contributed by atoms with van der Waals surface area (Å²) in [7, 11) is 0. The van der Waals surface area contributed by atoms with E-state index in [0.717, 1.165) is 21.3 Å². The minimum atomic E-state index is -0.207. The summed E-state index contributed by atoms with van der Waals surface area (Å²) in [6.45, 7) is 3.84. The third-order valence-corrected chi connectivity index (χ3v) is 3.43. The number of hydrazone groups is 1. The third kappa shape index (κ3) is 3.78. The summed E-state index contributed by atoms with van der Waals surface area (Å²) in [5.41, 5.74) is 6.02. The molecule has 0 aliphatic heterocycles. The van der Waals surface area contributed by atoms with Crippen LogP contribution in [0.15, 0.2) is 58.1 Å². The standard InChI is InChI=1S/C16H15BrN2O/c1-11-3-5-14(6-4-11)16(20)19-18-12(2)13-7-9-15(17)10-8-13/h3-10H,1-2H3,(H,19,20)/b18-12-. The molecular weight excluding hydrogens is 316 g/mol. The van der Waals surface area contributed by atoms with Crippen LogP contribution in [-0.2, 0) is 0 Å². The number of carbonyl (C=O) groups excluding carboxylic acids is 1. The number of aryl methyl sites for hydroxylation is 1. The lowest BCUT2D eigenvalue weighted by Crippen LogP contribution is -2.19. The quantitative estimate of drug-likeness (QED) is 0.672. The van der Waals surface area contributed by atoms with E-state index in [1.54, 1.807) is 12.1 Å². The van der Waals surface area contributed by atoms with E-state index in [2.05, 4.69) is 26.5 Å². The number of carbonyl (C=O) groups is 1. The minimum absolute atomic E-state index is 0.207. The van der Waals surface area contributed by atoms with Crippen molar-refractivity contribution in [3.05, 3.63) is 69.7 Å². The lowest BCUT2D eigenvalue weighted by Gasteiger charge is -2.03. The number of halogens is 1. The average molecular weight is 331 g/mol. The van der Waals surface area contributed by atoms with Gasteiger partial charge in [0.25, 0.3) is 5.91 Å². The molecule has 3 nitrogen and oxygen atoms in total. The van der Waals surface area contributed by atoms with Gasteiger partial charge < -0.3 is 0 Å². The molecule has 0 saturated heterocycles. The van der Waals surface area contributed by atoms with Crippen molar-refractivity contribution in [3.8, 4) is 0 Å². The second-order valence-corrected chi connectivity index (χ2v) is 5.43. The zero-order valence-electron chi connectivity index (χ0n) is 11.4. The van der Waals surface area contributed by atoms with Crippen LogP contribution in [0, 0.1) is 6.92 Å². The topological polar surface area (TPSA) is 41.5 Å². The van der Waals surface area contributed by atoms with Gasteiger partial charge in [-0.2, -0.15) is 5.10 Å². The Morgan fingerprint density at radius 2 is 1.55 bits per heavy atom. The van der Waals surface area contributed by atoms with Crippen molar-refractivity contribution in [2.24, 2.45) is 5.10 Å². The summed E-state index contributed by atoms with van der Waals surface area (Å²) in [6.07, 6.45) is 0. The molecule has 0 unspecified atom stereocenters. The summed E-state index contributed by atoms with van der Waals surface area (Å²) >= 11 is 3.38. The molecule has 0 aromatic heterocycles. The van der Waals surface area contributed by atoms with Gasteiger partial charge in [0.1, 0.15) is 0 Å². The predicted octanol–water partition coefficient (Wildman–Crippen LogP) is 3.91. The summed E-state index contributed by atoms with van der Waals surface area (Å²) in [4.78, 5) is 11.9. The van der Waals surface area contributed by atoms with Crippen molar-refractivity contribution < 1.29 is 4.79 Å². The number of hydrogen-bond acceptors (Lipinski definition) is 2. The molecule has 2 rings (SSSR count). The smallest absolute Gasteiger partial charge is 0.267 e. The first kappa shape index (κ1) is 14.5. The maximum atomic E-state index is 11.9. The van der Waals surface area contributed by atoms with Gasteiger partial charge >= 0.3 is 0 Å². The van der Waals surface area contributed by atoms with E-state index < -0.39 is 0 Å². The molecular formula is C16H15BrN2O. The van der Waals surface area contributed by atoms with Crippen LogP contribution in [-0.4, -0.2) is 11.6 Å². The fourth-order valence-electron chi connectivity index (χ4n) is 1.66. The molecule has 0 saturated carbocycles. The van der Waals surface area contributed by atoms with Crippen molar-refractivity contribution >= 4 is 27.5 Å². The van der Waals surface area contributed by atoms with Crippen LogP contribution < -0.4 is 5.43 Å². The largest absolute Gasteiger partial charge is 0.271 e. The summed E-state index contributed by atoms with van der Waals surface area (Å²) in [5, 5.41) is 4.12. The zero-order valence-corrected chi connectivity index (χ0v) is 12.9. The fourth-order valence-corrected chi connectivity index (χ4v) is 1.92. The van der Waals surface area contributed by atoms with Gasteiger partial charge in [-0.1, -0.05) is 45.8 Å². The monoisotopic (exact) mass is 330 g/mol. The molecule has 1 N–H and O–H groups in total. The first-order chi connectivity index (χ1) is 9.56. The van der Waals surface area contributed by atoms with Crippen molar-refractivity contribution in [1.82, 2.24) is 5.43 Å². The minimum Gasteiger partial charge on any atom is -0.267 e. The second-order valence-electron chi connectivity index (χ2n) is 4.51. The Morgan fingerprint density at radius 3 is 2.15 bits per heavy atom. The molecule has 0 heterocycles. The molecule has 0 atom stereocenters. The van der Waals surface area contributed by atoms with Crippen LogP contribution in [0.3, 0.4) is 0 Å². The molecule has 2 aromatic carbocycles.